The number of aromatic nitrogens is 2. The van der Waals surface area contributed by atoms with E-state index in [9.17, 15) is 4.79 Å². The largest absolute Gasteiger partial charge is 0.493 e. The molecular formula is C18H18N4O4S2. The standard InChI is InChI=1S/C18H18N4O4S2/c1-9-5-6-11-15(22-28-21-11)14(9)19-18(27)20-17(23)10-7-12(24-2)16(26-4)13(8-10)25-3/h5-8H,1-4H3,(H2,19,20,23,27). The van der Waals surface area contributed by atoms with Crippen molar-refractivity contribution in [1.29, 1.82) is 0 Å². The Balaban J connectivity index is 1.82. The molecule has 10 heteroatoms. The molecule has 0 fully saturated rings. The second-order valence-corrected chi connectivity index (χ2v) is 6.65. The van der Waals surface area contributed by atoms with Crippen molar-refractivity contribution in [3.63, 3.8) is 0 Å². The molecule has 3 rings (SSSR count). The number of ether oxygens (including phenoxy) is 3. The predicted molar refractivity (Wildman–Crippen MR) is 112 cm³/mol. The summed E-state index contributed by atoms with van der Waals surface area (Å²) in [6.45, 7) is 1.92. The molecule has 8 nitrogen and oxygen atoms in total. The molecule has 0 aliphatic carbocycles. The third kappa shape index (κ3) is 3.82. The zero-order valence-electron chi connectivity index (χ0n) is 15.7. The van der Waals surface area contributed by atoms with E-state index in [0.29, 0.717) is 34.0 Å². The summed E-state index contributed by atoms with van der Waals surface area (Å²) in [5.41, 5.74) is 3.42. The van der Waals surface area contributed by atoms with Gasteiger partial charge in [0.1, 0.15) is 11.0 Å². The number of rotatable bonds is 5. The summed E-state index contributed by atoms with van der Waals surface area (Å²) in [6, 6.07) is 6.90. The number of methoxy groups -OCH3 is 3. The highest BCUT2D eigenvalue weighted by Crippen LogP contribution is 2.38. The van der Waals surface area contributed by atoms with Crippen LogP contribution in [0.5, 0.6) is 17.2 Å². The Hall–Kier alpha value is -2.98. The summed E-state index contributed by atoms with van der Waals surface area (Å²) in [7, 11) is 4.46. The molecule has 3 aromatic rings. The lowest BCUT2D eigenvalue weighted by Gasteiger charge is -2.15. The van der Waals surface area contributed by atoms with Gasteiger partial charge in [-0.15, -0.1) is 0 Å². The Kier molecular flexibility index (Phi) is 5.90. The number of hydrogen-bond acceptors (Lipinski definition) is 8. The van der Waals surface area contributed by atoms with E-state index < -0.39 is 5.91 Å². The molecule has 146 valence electrons. The summed E-state index contributed by atoms with van der Waals surface area (Å²) >= 11 is 6.42. The van der Waals surface area contributed by atoms with Crippen molar-refractivity contribution in [2.45, 2.75) is 6.92 Å². The molecule has 1 heterocycles. The molecule has 1 aromatic heterocycles. The highest BCUT2D eigenvalue weighted by Gasteiger charge is 2.18. The zero-order chi connectivity index (χ0) is 20.3. The third-order valence-corrected chi connectivity index (χ3v) is 4.78. The number of hydrogen-bond donors (Lipinski definition) is 2. The minimum absolute atomic E-state index is 0.141. The highest BCUT2D eigenvalue weighted by molar-refractivity contribution is 7.80. The Morgan fingerprint density at radius 2 is 1.75 bits per heavy atom. The van der Waals surface area contributed by atoms with Crippen molar-refractivity contribution in [2.24, 2.45) is 0 Å². The number of nitrogens with zero attached hydrogens (tertiary/aromatic N) is 2. The molecule has 0 saturated carbocycles. The van der Waals surface area contributed by atoms with Crippen molar-refractivity contribution < 1.29 is 19.0 Å². The van der Waals surface area contributed by atoms with Crippen LogP contribution in [0, 0.1) is 6.92 Å². The fraction of sp³-hybridized carbons (Fsp3) is 0.222. The number of nitrogens with one attached hydrogen (secondary N) is 2. The third-order valence-electron chi connectivity index (χ3n) is 4.03. The van der Waals surface area contributed by atoms with E-state index in [4.69, 9.17) is 26.4 Å². The first kappa shape index (κ1) is 19.8. The van der Waals surface area contributed by atoms with Crippen molar-refractivity contribution >= 4 is 51.7 Å². The first-order valence-electron chi connectivity index (χ1n) is 8.12. The number of carbonyl (C=O) groups is 1. The smallest absolute Gasteiger partial charge is 0.257 e. The van der Waals surface area contributed by atoms with E-state index in [2.05, 4.69) is 19.4 Å². The Morgan fingerprint density at radius 1 is 1.07 bits per heavy atom. The lowest BCUT2D eigenvalue weighted by atomic mass is 10.1. The molecule has 1 amide bonds. The minimum Gasteiger partial charge on any atom is -0.493 e. The van der Waals surface area contributed by atoms with Crippen LogP contribution in [0.25, 0.3) is 11.0 Å². The minimum atomic E-state index is -0.419. The van der Waals surface area contributed by atoms with Crippen LogP contribution >= 0.6 is 23.9 Å². The molecule has 2 N–H and O–H groups in total. The van der Waals surface area contributed by atoms with E-state index in [1.807, 2.05) is 19.1 Å². The monoisotopic (exact) mass is 418 g/mol. The van der Waals surface area contributed by atoms with Gasteiger partial charge in [0.25, 0.3) is 5.91 Å². The normalized spacial score (nSPS) is 10.4. The van der Waals surface area contributed by atoms with Gasteiger partial charge < -0.3 is 19.5 Å². The number of anilines is 1. The van der Waals surface area contributed by atoms with Crippen LogP contribution in [-0.4, -0.2) is 41.1 Å². The Labute approximate surface area is 171 Å². The summed E-state index contributed by atoms with van der Waals surface area (Å²) in [6.07, 6.45) is 0. The van der Waals surface area contributed by atoms with Crippen LogP contribution in [-0.2, 0) is 0 Å². The van der Waals surface area contributed by atoms with Gasteiger partial charge in [-0.05, 0) is 42.9 Å². The fourth-order valence-electron chi connectivity index (χ4n) is 2.64. The zero-order valence-corrected chi connectivity index (χ0v) is 17.3. The van der Waals surface area contributed by atoms with Gasteiger partial charge in [0.05, 0.1) is 38.7 Å². The van der Waals surface area contributed by atoms with Gasteiger partial charge in [-0.25, -0.2) is 0 Å². The molecule has 0 atom stereocenters. The summed E-state index contributed by atoms with van der Waals surface area (Å²) < 4.78 is 24.3. The number of amides is 1. The second-order valence-electron chi connectivity index (χ2n) is 5.71. The second kappa shape index (κ2) is 8.36. The summed E-state index contributed by atoms with van der Waals surface area (Å²) in [5.74, 6) is 0.735. The van der Waals surface area contributed by atoms with E-state index in [1.165, 1.54) is 21.3 Å². The topological polar surface area (TPSA) is 94.6 Å². The van der Waals surface area contributed by atoms with Crippen LogP contribution in [0.2, 0.25) is 0 Å². The lowest BCUT2D eigenvalue weighted by molar-refractivity contribution is 0.0977. The number of carbonyl (C=O) groups excluding carboxylic acids is 1. The highest BCUT2D eigenvalue weighted by atomic mass is 32.1. The van der Waals surface area contributed by atoms with Gasteiger partial charge in [0.2, 0.25) is 5.75 Å². The van der Waals surface area contributed by atoms with Crippen molar-refractivity contribution in [1.82, 2.24) is 14.1 Å². The maximum atomic E-state index is 12.7. The van der Waals surface area contributed by atoms with Crippen LogP contribution < -0.4 is 24.8 Å². The van der Waals surface area contributed by atoms with Crippen LogP contribution in [0.1, 0.15) is 15.9 Å². The van der Waals surface area contributed by atoms with Crippen molar-refractivity contribution in [3.05, 3.63) is 35.4 Å². The van der Waals surface area contributed by atoms with E-state index in [0.717, 1.165) is 22.8 Å². The van der Waals surface area contributed by atoms with E-state index >= 15 is 0 Å². The van der Waals surface area contributed by atoms with Gasteiger partial charge >= 0.3 is 0 Å². The first-order chi connectivity index (χ1) is 13.5. The van der Waals surface area contributed by atoms with E-state index in [1.54, 1.807) is 12.1 Å². The number of fused-ring (bicyclic) bond motifs is 1. The van der Waals surface area contributed by atoms with Gasteiger partial charge in [-0.2, -0.15) is 8.75 Å². The summed E-state index contributed by atoms with van der Waals surface area (Å²) in [5, 5.41) is 5.83. The Morgan fingerprint density at radius 3 is 2.36 bits per heavy atom. The molecule has 28 heavy (non-hydrogen) atoms. The molecule has 0 spiro atoms. The lowest BCUT2D eigenvalue weighted by Crippen LogP contribution is -2.34. The molecular weight excluding hydrogens is 400 g/mol. The van der Waals surface area contributed by atoms with Crippen LogP contribution in [0.15, 0.2) is 24.3 Å². The van der Waals surface area contributed by atoms with Gasteiger partial charge in [-0.1, -0.05) is 6.07 Å². The average molecular weight is 419 g/mol. The SMILES string of the molecule is COc1cc(C(=O)NC(=S)Nc2c(C)ccc3nsnc23)cc(OC)c1OC. The van der Waals surface area contributed by atoms with E-state index in [-0.39, 0.29) is 5.11 Å². The summed E-state index contributed by atoms with van der Waals surface area (Å²) in [4.78, 5) is 12.7. The Bertz CT molecular complexity index is 1030. The maximum absolute atomic E-state index is 12.7. The maximum Gasteiger partial charge on any atom is 0.257 e. The molecule has 0 aliphatic heterocycles. The molecule has 0 unspecified atom stereocenters. The van der Waals surface area contributed by atoms with Gasteiger partial charge in [0.15, 0.2) is 16.6 Å². The predicted octanol–water partition coefficient (Wildman–Crippen LogP) is 3.15. The van der Waals surface area contributed by atoms with Crippen molar-refractivity contribution in [3.8, 4) is 17.2 Å². The number of thiocarbonyl (C=S) groups is 1. The molecule has 0 saturated heterocycles. The van der Waals surface area contributed by atoms with Gasteiger partial charge in [-0.3, -0.25) is 10.1 Å². The van der Waals surface area contributed by atoms with Crippen LogP contribution in [0.4, 0.5) is 5.69 Å². The van der Waals surface area contributed by atoms with Crippen LogP contribution in [0.3, 0.4) is 0 Å². The number of aryl methyl sites for hydroxylation is 1. The first-order valence-corrected chi connectivity index (χ1v) is 9.26. The van der Waals surface area contributed by atoms with Gasteiger partial charge in [0, 0.05) is 5.56 Å². The molecule has 0 radical (unpaired) electrons. The molecule has 2 aromatic carbocycles. The number of benzene rings is 2. The average Bonchev–Trinajstić information content (AvgIpc) is 3.17. The quantitative estimate of drug-likeness (QED) is 0.610. The molecule has 0 bridgehead atoms. The fourth-order valence-corrected chi connectivity index (χ4v) is 3.38. The van der Waals surface area contributed by atoms with Crippen molar-refractivity contribution in [2.75, 3.05) is 26.6 Å². The molecule has 0 aliphatic rings.